The van der Waals surface area contributed by atoms with Crippen LogP contribution >= 0.6 is 0 Å². The monoisotopic (exact) mass is 241 g/mol. The van der Waals surface area contributed by atoms with E-state index < -0.39 is 0 Å². The molecule has 0 spiro atoms. The number of hydrogen-bond donors (Lipinski definition) is 2. The molecule has 0 aliphatic rings. The number of aryl methyl sites for hydroxylation is 1. The predicted octanol–water partition coefficient (Wildman–Crippen LogP) is 2.68. The van der Waals surface area contributed by atoms with Gasteiger partial charge in [0.2, 0.25) is 0 Å². The Bertz CT molecular complexity index is 552. The standard InChI is InChI=1S/C14H15N3O/c1-10-8-9-12(13(15-2)16-10)14(18)17-11-6-4-3-5-7-11/h3-9H,1-2H3,(H,15,16)(H,17,18). The Balaban J connectivity index is 2.24. The van der Waals surface area contributed by atoms with E-state index in [2.05, 4.69) is 15.6 Å². The zero-order chi connectivity index (χ0) is 13.0. The molecule has 0 aliphatic heterocycles. The molecule has 4 nitrogen and oxygen atoms in total. The van der Waals surface area contributed by atoms with Gasteiger partial charge in [0, 0.05) is 18.4 Å². The number of nitrogens with zero attached hydrogens (tertiary/aromatic N) is 1. The minimum Gasteiger partial charge on any atom is -0.372 e. The first kappa shape index (κ1) is 12.1. The van der Waals surface area contributed by atoms with Crippen molar-refractivity contribution in [3.8, 4) is 0 Å². The average Bonchev–Trinajstić information content (AvgIpc) is 2.39. The number of nitrogens with one attached hydrogen (secondary N) is 2. The molecule has 18 heavy (non-hydrogen) atoms. The second-order valence-corrected chi connectivity index (χ2v) is 3.92. The molecule has 0 bridgehead atoms. The maximum absolute atomic E-state index is 12.1. The van der Waals surface area contributed by atoms with Gasteiger partial charge in [-0.1, -0.05) is 18.2 Å². The van der Waals surface area contributed by atoms with Crippen molar-refractivity contribution >= 4 is 17.4 Å². The van der Waals surface area contributed by atoms with E-state index in [-0.39, 0.29) is 5.91 Å². The van der Waals surface area contributed by atoms with Crippen molar-refractivity contribution in [1.82, 2.24) is 4.98 Å². The zero-order valence-electron chi connectivity index (χ0n) is 10.4. The molecule has 0 atom stereocenters. The summed E-state index contributed by atoms with van der Waals surface area (Å²) < 4.78 is 0. The molecule has 1 aromatic carbocycles. The summed E-state index contributed by atoms with van der Waals surface area (Å²) in [6.45, 7) is 1.89. The van der Waals surface area contributed by atoms with Gasteiger partial charge in [0.25, 0.3) is 5.91 Å². The summed E-state index contributed by atoms with van der Waals surface area (Å²) in [5.41, 5.74) is 2.17. The second kappa shape index (κ2) is 5.31. The number of aromatic nitrogens is 1. The van der Waals surface area contributed by atoms with Gasteiger partial charge in [0.1, 0.15) is 5.82 Å². The van der Waals surface area contributed by atoms with Crippen LogP contribution in [0.1, 0.15) is 16.1 Å². The molecule has 0 saturated carbocycles. The van der Waals surface area contributed by atoms with E-state index >= 15 is 0 Å². The van der Waals surface area contributed by atoms with Gasteiger partial charge in [0.15, 0.2) is 0 Å². The number of rotatable bonds is 3. The minimum atomic E-state index is -0.168. The van der Waals surface area contributed by atoms with Gasteiger partial charge < -0.3 is 10.6 Å². The van der Waals surface area contributed by atoms with Crippen LogP contribution in [0.2, 0.25) is 0 Å². The molecule has 0 aliphatic carbocycles. The van der Waals surface area contributed by atoms with E-state index in [0.717, 1.165) is 11.4 Å². The zero-order valence-corrected chi connectivity index (χ0v) is 10.4. The number of benzene rings is 1. The number of carbonyl (C=O) groups excluding carboxylic acids is 1. The summed E-state index contributed by atoms with van der Waals surface area (Å²) in [5.74, 6) is 0.418. The fourth-order valence-electron chi connectivity index (χ4n) is 1.65. The number of amides is 1. The Morgan fingerprint density at radius 1 is 1.11 bits per heavy atom. The quantitative estimate of drug-likeness (QED) is 0.868. The third-order valence-corrected chi connectivity index (χ3v) is 2.55. The first-order valence-electron chi connectivity index (χ1n) is 5.72. The highest BCUT2D eigenvalue weighted by atomic mass is 16.1. The molecule has 92 valence electrons. The van der Waals surface area contributed by atoms with Crippen molar-refractivity contribution in [2.45, 2.75) is 6.92 Å². The van der Waals surface area contributed by atoms with Gasteiger partial charge in [0.05, 0.1) is 5.56 Å². The van der Waals surface area contributed by atoms with Crippen molar-refractivity contribution in [2.24, 2.45) is 0 Å². The van der Waals surface area contributed by atoms with Crippen LogP contribution in [-0.4, -0.2) is 17.9 Å². The van der Waals surface area contributed by atoms with Gasteiger partial charge >= 0.3 is 0 Å². The summed E-state index contributed by atoms with van der Waals surface area (Å²) in [5, 5.41) is 5.76. The van der Waals surface area contributed by atoms with E-state index in [9.17, 15) is 4.79 Å². The normalized spacial score (nSPS) is 9.89. The van der Waals surface area contributed by atoms with Gasteiger partial charge in [-0.15, -0.1) is 0 Å². The summed E-state index contributed by atoms with van der Waals surface area (Å²) in [6, 6.07) is 12.9. The molecule has 2 N–H and O–H groups in total. The smallest absolute Gasteiger partial charge is 0.259 e. The number of para-hydroxylation sites is 1. The molecular formula is C14H15N3O. The lowest BCUT2D eigenvalue weighted by atomic mass is 10.2. The molecule has 2 rings (SSSR count). The molecule has 1 heterocycles. The Morgan fingerprint density at radius 2 is 1.83 bits per heavy atom. The number of pyridine rings is 1. The van der Waals surface area contributed by atoms with Crippen LogP contribution in [0, 0.1) is 6.92 Å². The van der Waals surface area contributed by atoms with Gasteiger partial charge in [-0.05, 0) is 31.2 Å². The molecule has 1 aromatic heterocycles. The highest BCUT2D eigenvalue weighted by Crippen LogP contribution is 2.15. The van der Waals surface area contributed by atoms with E-state index in [1.54, 1.807) is 13.1 Å². The first-order chi connectivity index (χ1) is 8.70. The second-order valence-electron chi connectivity index (χ2n) is 3.92. The summed E-state index contributed by atoms with van der Waals surface area (Å²) in [6.07, 6.45) is 0. The van der Waals surface area contributed by atoms with E-state index in [1.807, 2.05) is 43.3 Å². The Kier molecular flexibility index (Phi) is 3.57. The fourth-order valence-corrected chi connectivity index (χ4v) is 1.65. The maximum atomic E-state index is 12.1. The summed E-state index contributed by atoms with van der Waals surface area (Å²) >= 11 is 0. The molecule has 2 aromatic rings. The lowest BCUT2D eigenvalue weighted by Gasteiger charge is -2.09. The van der Waals surface area contributed by atoms with Crippen LogP contribution in [-0.2, 0) is 0 Å². The molecule has 1 amide bonds. The highest BCUT2D eigenvalue weighted by Gasteiger charge is 2.11. The molecule has 0 unspecified atom stereocenters. The van der Waals surface area contributed by atoms with Crippen molar-refractivity contribution < 1.29 is 4.79 Å². The van der Waals surface area contributed by atoms with Gasteiger partial charge in [-0.25, -0.2) is 4.98 Å². The molecule has 0 fully saturated rings. The third-order valence-electron chi connectivity index (χ3n) is 2.55. The largest absolute Gasteiger partial charge is 0.372 e. The van der Waals surface area contributed by atoms with E-state index in [1.165, 1.54) is 0 Å². The number of carbonyl (C=O) groups is 1. The fraction of sp³-hybridized carbons (Fsp3) is 0.143. The summed E-state index contributed by atoms with van der Waals surface area (Å²) in [4.78, 5) is 16.4. The van der Waals surface area contributed by atoms with Gasteiger partial charge in [-0.3, -0.25) is 4.79 Å². The molecule has 0 saturated heterocycles. The van der Waals surface area contributed by atoms with Gasteiger partial charge in [-0.2, -0.15) is 0 Å². The topological polar surface area (TPSA) is 54.0 Å². The third kappa shape index (κ3) is 2.66. The number of anilines is 2. The average molecular weight is 241 g/mol. The van der Waals surface area contributed by atoms with Crippen LogP contribution in [0.4, 0.5) is 11.5 Å². The van der Waals surface area contributed by atoms with Crippen LogP contribution in [0.15, 0.2) is 42.5 Å². The Labute approximate surface area is 106 Å². The minimum absolute atomic E-state index is 0.168. The first-order valence-corrected chi connectivity index (χ1v) is 5.72. The number of hydrogen-bond acceptors (Lipinski definition) is 3. The van der Waals surface area contributed by atoms with Crippen molar-refractivity contribution in [2.75, 3.05) is 17.7 Å². The van der Waals surface area contributed by atoms with E-state index in [4.69, 9.17) is 0 Å². The SMILES string of the molecule is CNc1nc(C)ccc1C(=O)Nc1ccccc1. The lowest BCUT2D eigenvalue weighted by molar-refractivity contribution is 0.102. The Hall–Kier alpha value is -2.36. The molecular weight excluding hydrogens is 226 g/mol. The van der Waals surface area contributed by atoms with Crippen molar-refractivity contribution in [1.29, 1.82) is 0 Å². The van der Waals surface area contributed by atoms with Crippen LogP contribution in [0.5, 0.6) is 0 Å². The van der Waals surface area contributed by atoms with Crippen molar-refractivity contribution in [3.63, 3.8) is 0 Å². The highest BCUT2D eigenvalue weighted by molar-refractivity contribution is 6.07. The predicted molar refractivity (Wildman–Crippen MR) is 72.9 cm³/mol. The van der Waals surface area contributed by atoms with Crippen molar-refractivity contribution in [3.05, 3.63) is 53.7 Å². The van der Waals surface area contributed by atoms with Crippen LogP contribution in [0.25, 0.3) is 0 Å². The Morgan fingerprint density at radius 3 is 2.50 bits per heavy atom. The van der Waals surface area contributed by atoms with Crippen LogP contribution < -0.4 is 10.6 Å². The molecule has 4 heteroatoms. The lowest BCUT2D eigenvalue weighted by Crippen LogP contribution is -2.15. The van der Waals surface area contributed by atoms with Crippen LogP contribution in [0.3, 0.4) is 0 Å². The molecule has 0 radical (unpaired) electrons. The summed E-state index contributed by atoms with van der Waals surface area (Å²) in [7, 11) is 1.75. The maximum Gasteiger partial charge on any atom is 0.259 e. The van der Waals surface area contributed by atoms with E-state index in [0.29, 0.717) is 11.4 Å².